The molecule has 1 saturated heterocycles. The Morgan fingerprint density at radius 2 is 1.35 bits per heavy atom. The van der Waals surface area contributed by atoms with E-state index in [1.165, 1.54) is 4.90 Å². The number of ether oxygens (including phenoxy) is 1. The van der Waals surface area contributed by atoms with Gasteiger partial charge in [-0.3, -0.25) is 19.3 Å². The Morgan fingerprint density at radius 3 is 1.84 bits per heavy atom. The highest BCUT2D eigenvalue weighted by atomic mass is 32.2. The maximum atomic E-state index is 14.1. The van der Waals surface area contributed by atoms with Gasteiger partial charge < -0.3 is 10.1 Å². The van der Waals surface area contributed by atoms with Gasteiger partial charge in [0, 0.05) is 11.8 Å². The van der Waals surface area contributed by atoms with Crippen molar-refractivity contribution in [3.05, 3.63) is 95.1 Å². The number of amides is 3. The van der Waals surface area contributed by atoms with Gasteiger partial charge in [-0.15, -0.1) is 0 Å². The molecule has 0 spiro atoms. The highest BCUT2D eigenvalue weighted by Crippen LogP contribution is 2.61. The number of likely N-dealkylation sites (tertiary alicyclic amines) is 1. The van der Waals surface area contributed by atoms with Gasteiger partial charge in [-0.05, 0) is 52.8 Å². The zero-order valence-corrected chi connectivity index (χ0v) is 21.5. The number of carbonyl (C=O) groups excluding carboxylic acids is 3. The highest BCUT2D eigenvalue weighted by Gasteiger charge is 2.62. The molecule has 3 atom stereocenters. The molecule has 0 saturated carbocycles. The van der Waals surface area contributed by atoms with Crippen LogP contribution in [-0.4, -0.2) is 47.8 Å². The minimum Gasteiger partial charge on any atom is -0.495 e. The summed E-state index contributed by atoms with van der Waals surface area (Å²) in [5.74, 6) is -1.08. The molecule has 3 amide bonds. The molecule has 1 fully saturated rings. The number of nitrogens with zero attached hydrogens (tertiary/aromatic N) is 1. The van der Waals surface area contributed by atoms with Crippen molar-refractivity contribution in [1.29, 1.82) is 0 Å². The van der Waals surface area contributed by atoms with Crippen LogP contribution in [0.25, 0.3) is 0 Å². The molecule has 3 aromatic carbocycles. The molecule has 1 aliphatic heterocycles. The molecule has 7 rings (SSSR count). The van der Waals surface area contributed by atoms with Gasteiger partial charge in [-0.25, -0.2) is 0 Å². The molecular weight excluding hydrogens is 484 g/mol. The Balaban J connectivity index is 1.40. The summed E-state index contributed by atoms with van der Waals surface area (Å²) in [4.78, 5) is 43.2. The normalized spacial score (nSPS) is 23.8. The van der Waals surface area contributed by atoms with Crippen molar-refractivity contribution < 1.29 is 19.1 Å². The number of methoxy groups -OCH3 is 1. The molecule has 188 valence electrons. The number of carbonyl (C=O) groups is 3. The van der Waals surface area contributed by atoms with Gasteiger partial charge in [-0.2, -0.15) is 11.8 Å². The lowest BCUT2D eigenvalue weighted by atomic mass is 9.55. The van der Waals surface area contributed by atoms with Gasteiger partial charge in [0.05, 0.1) is 24.6 Å². The number of imide groups is 1. The molecule has 2 bridgehead atoms. The van der Waals surface area contributed by atoms with Crippen molar-refractivity contribution in [3.63, 3.8) is 0 Å². The van der Waals surface area contributed by atoms with Crippen molar-refractivity contribution in [1.82, 2.24) is 4.90 Å². The van der Waals surface area contributed by atoms with Gasteiger partial charge in [-0.1, -0.05) is 60.7 Å². The minimum absolute atomic E-state index is 0.192. The number of nitrogens with one attached hydrogen (secondary N) is 1. The van der Waals surface area contributed by atoms with Crippen LogP contribution in [0.2, 0.25) is 0 Å². The van der Waals surface area contributed by atoms with E-state index in [0.29, 0.717) is 23.6 Å². The quantitative estimate of drug-likeness (QED) is 0.467. The number of hydrogen-bond donors (Lipinski definition) is 1. The molecule has 3 aliphatic carbocycles. The second-order valence-electron chi connectivity index (χ2n) is 9.80. The molecule has 1 heterocycles. The van der Waals surface area contributed by atoms with Crippen molar-refractivity contribution in [2.45, 2.75) is 24.3 Å². The first-order valence-electron chi connectivity index (χ1n) is 12.5. The molecule has 37 heavy (non-hydrogen) atoms. The molecule has 7 heteroatoms. The lowest BCUT2D eigenvalue weighted by Crippen LogP contribution is -2.48. The molecule has 0 aromatic heterocycles. The summed E-state index contributed by atoms with van der Waals surface area (Å²) in [6, 6.07) is 22.6. The number of benzene rings is 3. The molecule has 4 aliphatic rings. The van der Waals surface area contributed by atoms with Gasteiger partial charge in [0.25, 0.3) is 0 Å². The van der Waals surface area contributed by atoms with E-state index >= 15 is 0 Å². The van der Waals surface area contributed by atoms with E-state index in [1.54, 1.807) is 31.0 Å². The maximum absolute atomic E-state index is 14.1. The minimum atomic E-state index is -0.895. The van der Waals surface area contributed by atoms with Crippen molar-refractivity contribution in [3.8, 4) is 5.75 Å². The average Bonchev–Trinajstić information content (AvgIpc) is 3.19. The van der Waals surface area contributed by atoms with Crippen LogP contribution in [0.3, 0.4) is 0 Å². The third kappa shape index (κ3) is 3.59. The van der Waals surface area contributed by atoms with E-state index in [0.717, 1.165) is 22.3 Å². The van der Waals surface area contributed by atoms with Crippen LogP contribution in [0.5, 0.6) is 5.75 Å². The maximum Gasteiger partial charge on any atom is 0.247 e. The SMILES string of the molecule is COc1ccccc1NC(=O)C(CCSC)N1C(=O)C2C3c4ccccc4C(c4ccccc43)C2C1=O. The van der Waals surface area contributed by atoms with Gasteiger partial charge in [0.15, 0.2) is 0 Å². The van der Waals surface area contributed by atoms with Crippen molar-refractivity contribution >= 4 is 35.2 Å². The first-order chi connectivity index (χ1) is 18.1. The number of hydrogen-bond acceptors (Lipinski definition) is 5. The van der Waals surface area contributed by atoms with Gasteiger partial charge >= 0.3 is 0 Å². The third-order valence-corrected chi connectivity index (χ3v) is 8.70. The van der Waals surface area contributed by atoms with Crippen molar-refractivity contribution in [2.24, 2.45) is 11.8 Å². The Morgan fingerprint density at radius 1 is 0.865 bits per heavy atom. The smallest absolute Gasteiger partial charge is 0.247 e. The number of rotatable bonds is 7. The molecule has 3 unspecified atom stereocenters. The van der Waals surface area contributed by atoms with E-state index in [2.05, 4.69) is 29.6 Å². The monoisotopic (exact) mass is 512 g/mol. The summed E-state index contributed by atoms with van der Waals surface area (Å²) >= 11 is 1.59. The van der Waals surface area contributed by atoms with E-state index in [9.17, 15) is 14.4 Å². The van der Waals surface area contributed by atoms with Crippen LogP contribution in [0.4, 0.5) is 5.69 Å². The average molecular weight is 513 g/mol. The summed E-state index contributed by atoms with van der Waals surface area (Å²) in [5, 5.41) is 2.92. The van der Waals surface area contributed by atoms with Gasteiger partial charge in [0.1, 0.15) is 11.8 Å². The highest BCUT2D eigenvalue weighted by molar-refractivity contribution is 7.98. The molecule has 0 radical (unpaired) electrons. The van der Waals surface area contributed by atoms with E-state index < -0.39 is 17.9 Å². The van der Waals surface area contributed by atoms with E-state index in [-0.39, 0.29) is 29.6 Å². The Hall–Kier alpha value is -3.58. The van der Waals surface area contributed by atoms with E-state index in [1.807, 2.05) is 42.7 Å². The Bertz CT molecular complexity index is 1290. The molecule has 6 nitrogen and oxygen atoms in total. The second kappa shape index (κ2) is 9.38. The molecule has 3 aromatic rings. The molecule has 1 N–H and O–H groups in total. The molecular formula is C30H28N2O4S. The van der Waals surface area contributed by atoms with Gasteiger partial charge in [0.2, 0.25) is 17.7 Å². The fourth-order valence-corrected chi connectivity index (χ4v) is 7.04. The summed E-state index contributed by atoms with van der Waals surface area (Å²) in [5.41, 5.74) is 4.99. The topological polar surface area (TPSA) is 75.7 Å². The summed E-state index contributed by atoms with van der Waals surface area (Å²) in [6.45, 7) is 0. The first kappa shape index (κ1) is 23.8. The summed E-state index contributed by atoms with van der Waals surface area (Å²) in [7, 11) is 1.54. The fraction of sp³-hybridized carbons (Fsp3) is 0.300. The second-order valence-corrected chi connectivity index (χ2v) is 10.8. The number of anilines is 1. The van der Waals surface area contributed by atoms with Crippen LogP contribution in [0.15, 0.2) is 72.8 Å². The van der Waals surface area contributed by atoms with Crippen LogP contribution in [-0.2, 0) is 14.4 Å². The van der Waals surface area contributed by atoms with E-state index in [4.69, 9.17) is 4.74 Å². The van der Waals surface area contributed by atoms with Crippen LogP contribution in [0.1, 0.15) is 40.5 Å². The zero-order valence-electron chi connectivity index (χ0n) is 20.7. The first-order valence-corrected chi connectivity index (χ1v) is 13.9. The summed E-state index contributed by atoms with van der Waals surface area (Å²) < 4.78 is 5.39. The third-order valence-electron chi connectivity index (χ3n) is 8.06. The Kier molecular flexibility index (Phi) is 6.03. The number of para-hydroxylation sites is 2. The van der Waals surface area contributed by atoms with Crippen LogP contribution in [0, 0.1) is 11.8 Å². The number of thioether (sulfide) groups is 1. The lowest BCUT2D eigenvalue weighted by molar-refractivity contribution is -0.146. The summed E-state index contributed by atoms with van der Waals surface area (Å²) in [6.07, 6.45) is 2.34. The Labute approximate surface area is 220 Å². The zero-order chi connectivity index (χ0) is 25.7. The fourth-order valence-electron chi connectivity index (χ4n) is 6.58. The standard InChI is InChI=1S/C30H28N2O4S/c1-36-23-14-8-7-13-21(23)31-28(33)22(15-16-37-2)32-29(34)26-24-17-9-3-4-10-18(17)25(27(26)30(32)35)20-12-6-5-11-19(20)24/h3-14,22,24-27H,15-16H2,1-2H3,(H,31,33). The lowest BCUT2D eigenvalue weighted by Gasteiger charge is -2.45. The largest absolute Gasteiger partial charge is 0.495 e. The van der Waals surface area contributed by atoms with Crippen LogP contribution < -0.4 is 10.1 Å². The predicted octanol–water partition coefficient (Wildman–Crippen LogP) is 4.65. The predicted molar refractivity (Wildman–Crippen MR) is 144 cm³/mol. The van der Waals surface area contributed by atoms with Crippen molar-refractivity contribution in [2.75, 3.05) is 24.4 Å². The van der Waals surface area contributed by atoms with Crippen LogP contribution >= 0.6 is 11.8 Å².